The molecule has 1 aliphatic carbocycles. The van der Waals surface area contributed by atoms with E-state index in [0.29, 0.717) is 23.8 Å². The van der Waals surface area contributed by atoms with Gasteiger partial charge in [0.1, 0.15) is 11.5 Å². The van der Waals surface area contributed by atoms with Gasteiger partial charge in [0.2, 0.25) is 0 Å². The topological polar surface area (TPSA) is 111 Å². The van der Waals surface area contributed by atoms with Gasteiger partial charge in [0.05, 0.1) is 23.2 Å². The molecule has 1 N–H and O–H groups in total. The van der Waals surface area contributed by atoms with Gasteiger partial charge in [-0.3, -0.25) is 9.10 Å². The maximum atomic E-state index is 13.0. The number of sulfonamides is 1. The van der Waals surface area contributed by atoms with Crippen LogP contribution in [0.15, 0.2) is 77.7 Å². The summed E-state index contributed by atoms with van der Waals surface area (Å²) in [5, 5.41) is 2.94. The van der Waals surface area contributed by atoms with Crippen LogP contribution in [0.1, 0.15) is 36.9 Å². The van der Waals surface area contributed by atoms with Gasteiger partial charge in [0.25, 0.3) is 15.9 Å². The van der Waals surface area contributed by atoms with E-state index in [2.05, 4.69) is 11.4 Å². The van der Waals surface area contributed by atoms with Gasteiger partial charge in [0, 0.05) is 7.05 Å². The molecule has 10 heteroatoms. The average Bonchev–Trinajstić information content (AvgIpc) is 2.95. The number of esters is 1. The van der Waals surface area contributed by atoms with E-state index in [-0.39, 0.29) is 23.5 Å². The van der Waals surface area contributed by atoms with E-state index in [9.17, 15) is 18.0 Å². The van der Waals surface area contributed by atoms with Gasteiger partial charge < -0.3 is 19.5 Å². The van der Waals surface area contributed by atoms with Crippen molar-refractivity contribution in [1.29, 1.82) is 0 Å². The van der Waals surface area contributed by atoms with E-state index < -0.39 is 22.6 Å². The highest BCUT2D eigenvalue weighted by Crippen LogP contribution is 2.29. The maximum absolute atomic E-state index is 13.0. The number of carbonyl (C=O) groups excluding carboxylic acids is 2. The predicted octanol–water partition coefficient (Wildman–Crippen LogP) is 4.03. The van der Waals surface area contributed by atoms with Crippen molar-refractivity contribution in [1.82, 2.24) is 5.32 Å². The van der Waals surface area contributed by atoms with Crippen LogP contribution < -0.4 is 19.1 Å². The van der Waals surface area contributed by atoms with Crippen molar-refractivity contribution in [3.8, 4) is 11.5 Å². The summed E-state index contributed by atoms with van der Waals surface area (Å²) in [6.45, 7) is 1.56. The van der Waals surface area contributed by atoms with Gasteiger partial charge >= 0.3 is 5.97 Å². The molecule has 1 aliphatic rings. The molecule has 9 nitrogen and oxygen atoms in total. The molecule has 3 aromatic carbocycles. The lowest BCUT2D eigenvalue weighted by atomic mass is 9.88. The first-order valence-corrected chi connectivity index (χ1v) is 14.2. The van der Waals surface area contributed by atoms with Crippen molar-refractivity contribution < 1.29 is 32.2 Å². The Hall–Kier alpha value is -4.05. The Balaban J connectivity index is 1.24. The van der Waals surface area contributed by atoms with Crippen molar-refractivity contribution in [3.05, 3.63) is 83.9 Å². The van der Waals surface area contributed by atoms with Gasteiger partial charge in [-0.1, -0.05) is 24.3 Å². The SMILES string of the molecule is CCOc1ccc(S(=O)(=O)N(C)c2ccc(OCC(=O)OCC(=O)NC3CCCc4ccccc43)cc2)cc1. The largest absolute Gasteiger partial charge is 0.494 e. The predicted molar refractivity (Wildman–Crippen MR) is 146 cm³/mol. The summed E-state index contributed by atoms with van der Waals surface area (Å²) in [4.78, 5) is 24.6. The van der Waals surface area contributed by atoms with E-state index in [1.807, 2.05) is 25.1 Å². The lowest BCUT2D eigenvalue weighted by molar-refractivity contribution is -0.150. The Bertz CT molecular complexity index is 1390. The molecule has 0 radical (unpaired) electrons. The van der Waals surface area contributed by atoms with Crippen LogP contribution in [-0.4, -0.2) is 47.2 Å². The third-order valence-electron chi connectivity index (χ3n) is 6.42. The fraction of sp³-hybridized carbons (Fsp3) is 0.310. The van der Waals surface area contributed by atoms with Crippen LogP contribution in [0, 0.1) is 0 Å². The molecular formula is C29H32N2O7S. The molecule has 1 atom stereocenters. The number of ether oxygens (including phenoxy) is 3. The minimum absolute atomic E-state index is 0.0905. The highest BCUT2D eigenvalue weighted by Gasteiger charge is 2.23. The monoisotopic (exact) mass is 552 g/mol. The molecular weight excluding hydrogens is 520 g/mol. The van der Waals surface area contributed by atoms with Crippen LogP contribution >= 0.6 is 0 Å². The number of amides is 1. The number of rotatable bonds is 11. The molecule has 0 aliphatic heterocycles. The fourth-order valence-corrected chi connectivity index (χ4v) is 5.59. The number of fused-ring (bicyclic) bond motifs is 1. The molecule has 39 heavy (non-hydrogen) atoms. The van der Waals surface area contributed by atoms with E-state index >= 15 is 0 Å². The maximum Gasteiger partial charge on any atom is 0.344 e. The molecule has 206 valence electrons. The van der Waals surface area contributed by atoms with Crippen LogP contribution in [0.25, 0.3) is 0 Å². The summed E-state index contributed by atoms with van der Waals surface area (Å²) in [7, 11) is -2.33. The smallest absolute Gasteiger partial charge is 0.344 e. The second-order valence-corrected chi connectivity index (χ2v) is 11.0. The molecule has 0 saturated heterocycles. The standard InChI is InChI=1S/C29H32N2O7S/c1-3-36-23-15-17-25(18-16-23)39(34,35)31(2)22-11-13-24(14-12-22)37-20-29(33)38-19-28(32)30-27-10-6-8-21-7-4-5-9-26(21)27/h4-5,7,9,11-18,27H,3,6,8,10,19-20H2,1-2H3,(H,30,32). The second-order valence-electron chi connectivity index (χ2n) is 9.03. The molecule has 0 saturated carbocycles. The lowest BCUT2D eigenvalue weighted by Crippen LogP contribution is -2.34. The van der Waals surface area contributed by atoms with Crippen molar-refractivity contribution in [2.24, 2.45) is 0 Å². The Morgan fingerprint density at radius 1 is 0.923 bits per heavy atom. The number of hydrogen-bond acceptors (Lipinski definition) is 7. The summed E-state index contributed by atoms with van der Waals surface area (Å²) in [5.74, 6) is -0.111. The van der Waals surface area contributed by atoms with Crippen molar-refractivity contribution in [3.63, 3.8) is 0 Å². The third-order valence-corrected chi connectivity index (χ3v) is 8.22. The molecule has 3 aromatic rings. The number of hydrogen-bond donors (Lipinski definition) is 1. The zero-order valence-corrected chi connectivity index (χ0v) is 22.8. The fourth-order valence-electron chi connectivity index (χ4n) is 4.39. The van der Waals surface area contributed by atoms with Gasteiger partial charge in [-0.15, -0.1) is 0 Å². The van der Waals surface area contributed by atoms with Gasteiger partial charge in [-0.05, 0) is 85.8 Å². The highest BCUT2D eigenvalue weighted by molar-refractivity contribution is 7.92. The molecule has 0 aromatic heterocycles. The number of carbonyl (C=O) groups is 2. The summed E-state index contributed by atoms with van der Waals surface area (Å²) in [6.07, 6.45) is 2.81. The van der Waals surface area contributed by atoms with E-state index in [1.165, 1.54) is 24.7 Å². The zero-order chi connectivity index (χ0) is 27.8. The Labute approximate surface area is 228 Å². The van der Waals surface area contributed by atoms with Crippen molar-refractivity contribution >= 4 is 27.6 Å². The van der Waals surface area contributed by atoms with Crippen LogP contribution in [0.2, 0.25) is 0 Å². The van der Waals surface area contributed by atoms with Crippen LogP contribution in [0.5, 0.6) is 11.5 Å². The Kier molecular flexibility index (Phi) is 9.08. The minimum Gasteiger partial charge on any atom is -0.494 e. The van der Waals surface area contributed by atoms with Gasteiger partial charge in [-0.2, -0.15) is 0 Å². The van der Waals surface area contributed by atoms with Crippen LogP contribution in [0.4, 0.5) is 5.69 Å². The summed E-state index contributed by atoms with van der Waals surface area (Å²) < 4.78 is 43.0. The summed E-state index contributed by atoms with van der Waals surface area (Å²) in [6, 6.07) is 20.4. The van der Waals surface area contributed by atoms with Gasteiger partial charge in [-0.25, -0.2) is 13.2 Å². The number of anilines is 1. The molecule has 1 unspecified atom stereocenters. The molecule has 0 spiro atoms. The van der Waals surface area contributed by atoms with Crippen LogP contribution in [0.3, 0.4) is 0 Å². The van der Waals surface area contributed by atoms with E-state index in [1.54, 1.807) is 36.4 Å². The number of aryl methyl sites for hydroxylation is 1. The Morgan fingerprint density at radius 2 is 1.59 bits per heavy atom. The molecule has 1 amide bonds. The van der Waals surface area contributed by atoms with E-state index in [0.717, 1.165) is 29.1 Å². The lowest BCUT2D eigenvalue weighted by Gasteiger charge is -2.26. The summed E-state index contributed by atoms with van der Waals surface area (Å²) in [5.41, 5.74) is 2.75. The summed E-state index contributed by atoms with van der Waals surface area (Å²) >= 11 is 0. The first kappa shape index (κ1) is 28.0. The minimum atomic E-state index is -3.78. The number of nitrogens with one attached hydrogen (secondary N) is 1. The van der Waals surface area contributed by atoms with Gasteiger partial charge in [0.15, 0.2) is 13.2 Å². The van der Waals surface area contributed by atoms with Crippen molar-refractivity contribution in [2.45, 2.75) is 37.1 Å². The Morgan fingerprint density at radius 3 is 2.31 bits per heavy atom. The van der Waals surface area contributed by atoms with Crippen molar-refractivity contribution in [2.75, 3.05) is 31.2 Å². The van der Waals surface area contributed by atoms with Crippen LogP contribution in [-0.2, 0) is 30.8 Å². The molecule has 0 bridgehead atoms. The first-order chi connectivity index (χ1) is 18.8. The normalized spacial score (nSPS) is 14.6. The zero-order valence-electron chi connectivity index (χ0n) is 22.0. The van der Waals surface area contributed by atoms with E-state index in [4.69, 9.17) is 14.2 Å². The number of nitrogens with zero attached hydrogens (tertiary/aromatic N) is 1. The third kappa shape index (κ3) is 7.08. The molecule has 4 rings (SSSR count). The average molecular weight is 553 g/mol. The highest BCUT2D eigenvalue weighted by atomic mass is 32.2. The second kappa shape index (κ2) is 12.7. The quantitative estimate of drug-likeness (QED) is 0.358. The number of benzene rings is 3. The molecule has 0 fully saturated rings. The molecule has 0 heterocycles. The first-order valence-electron chi connectivity index (χ1n) is 12.8.